The van der Waals surface area contributed by atoms with E-state index in [4.69, 9.17) is 5.11 Å². The number of carboxylic acid groups (broad SMARTS) is 1. The van der Waals surface area contributed by atoms with Gasteiger partial charge in [-0.1, -0.05) is 13.8 Å². The molecule has 0 aliphatic rings. The van der Waals surface area contributed by atoms with Crippen molar-refractivity contribution in [2.24, 2.45) is 5.92 Å². The molecule has 0 saturated carbocycles. The fraction of sp³-hybridized carbons (Fsp3) is 0.818. The number of urea groups is 1. The third-order valence-corrected chi connectivity index (χ3v) is 2.23. The van der Waals surface area contributed by atoms with Crippen LogP contribution in [-0.4, -0.2) is 53.6 Å². The van der Waals surface area contributed by atoms with Crippen molar-refractivity contribution in [1.82, 2.24) is 9.80 Å². The lowest BCUT2D eigenvalue weighted by molar-refractivity contribution is -0.137. The lowest BCUT2D eigenvalue weighted by Gasteiger charge is -2.28. The topological polar surface area (TPSA) is 60.9 Å². The molecule has 0 unspecified atom stereocenters. The molecule has 0 atom stereocenters. The Morgan fingerprint density at radius 2 is 1.88 bits per heavy atom. The van der Waals surface area contributed by atoms with Crippen molar-refractivity contribution >= 4 is 12.0 Å². The zero-order chi connectivity index (χ0) is 12.7. The summed E-state index contributed by atoms with van der Waals surface area (Å²) in [5.74, 6) is -0.469. The van der Waals surface area contributed by atoms with E-state index >= 15 is 0 Å². The normalized spacial score (nSPS) is 10.3. The van der Waals surface area contributed by atoms with E-state index in [1.165, 1.54) is 4.90 Å². The SMILES string of the molecule is CCN(CC(C)C)C(=O)N(C)CCC(=O)O. The Kier molecular flexibility index (Phi) is 6.53. The summed E-state index contributed by atoms with van der Waals surface area (Å²) < 4.78 is 0. The van der Waals surface area contributed by atoms with E-state index in [0.29, 0.717) is 19.0 Å². The molecule has 0 aromatic heterocycles. The molecule has 0 rings (SSSR count). The smallest absolute Gasteiger partial charge is 0.319 e. The number of carbonyl (C=O) groups excluding carboxylic acids is 1. The molecule has 0 fully saturated rings. The first-order valence-corrected chi connectivity index (χ1v) is 5.60. The molecule has 0 radical (unpaired) electrons. The summed E-state index contributed by atoms with van der Waals surface area (Å²) >= 11 is 0. The van der Waals surface area contributed by atoms with Gasteiger partial charge in [-0.3, -0.25) is 4.79 Å². The molecule has 1 N–H and O–H groups in total. The van der Waals surface area contributed by atoms with E-state index < -0.39 is 5.97 Å². The van der Waals surface area contributed by atoms with E-state index in [-0.39, 0.29) is 19.0 Å². The minimum Gasteiger partial charge on any atom is -0.481 e. The maximum absolute atomic E-state index is 11.9. The number of hydrogen-bond acceptors (Lipinski definition) is 2. The summed E-state index contributed by atoms with van der Waals surface area (Å²) in [5, 5.41) is 8.53. The summed E-state index contributed by atoms with van der Waals surface area (Å²) in [6.07, 6.45) is -0.0124. The van der Waals surface area contributed by atoms with E-state index in [1.807, 2.05) is 20.8 Å². The van der Waals surface area contributed by atoms with Gasteiger partial charge in [0.05, 0.1) is 6.42 Å². The van der Waals surface area contributed by atoms with Crippen LogP contribution in [0.4, 0.5) is 4.79 Å². The molecule has 0 heterocycles. The maximum Gasteiger partial charge on any atom is 0.319 e. The number of rotatable bonds is 6. The van der Waals surface area contributed by atoms with Gasteiger partial charge in [0, 0.05) is 26.7 Å². The number of nitrogens with zero attached hydrogens (tertiary/aromatic N) is 2. The van der Waals surface area contributed by atoms with Crippen molar-refractivity contribution in [3.8, 4) is 0 Å². The van der Waals surface area contributed by atoms with Gasteiger partial charge in [0.15, 0.2) is 0 Å². The average Bonchev–Trinajstić information content (AvgIpc) is 2.21. The first-order chi connectivity index (χ1) is 7.38. The van der Waals surface area contributed by atoms with Gasteiger partial charge < -0.3 is 14.9 Å². The second-order valence-electron chi connectivity index (χ2n) is 4.28. The molecule has 5 heteroatoms. The third-order valence-electron chi connectivity index (χ3n) is 2.23. The van der Waals surface area contributed by atoms with Gasteiger partial charge in [-0.15, -0.1) is 0 Å². The van der Waals surface area contributed by atoms with Crippen molar-refractivity contribution in [3.05, 3.63) is 0 Å². The molecule has 0 spiro atoms. The second kappa shape index (κ2) is 7.09. The number of amides is 2. The molecule has 0 aliphatic carbocycles. The van der Waals surface area contributed by atoms with Crippen molar-refractivity contribution < 1.29 is 14.7 Å². The van der Waals surface area contributed by atoms with Crippen LogP contribution in [0.25, 0.3) is 0 Å². The number of carboxylic acids is 1. The monoisotopic (exact) mass is 230 g/mol. The van der Waals surface area contributed by atoms with Gasteiger partial charge in [-0.2, -0.15) is 0 Å². The molecular formula is C11H22N2O3. The summed E-state index contributed by atoms with van der Waals surface area (Å²) in [6, 6.07) is -0.0996. The lowest BCUT2D eigenvalue weighted by atomic mass is 10.2. The second-order valence-corrected chi connectivity index (χ2v) is 4.28. The summed E-state index contributed by atoms with van der Waals surface area (Å²) in [4.78, 5) is 25.5. The molecule has 0 saturated heterocycles. The molecule has 0 aromatic rings. The molecule has 94 valence electrons. The van der Waals surface area contributed by atoms with E-state index in [1.54, 1.807) is 11.9 Å². The fourth-order valence-electron chi connectivity index (χ4n) is 1.38. The first-order valence-electron chi connectivity index (χ1n) is 5.60. The number of aliphatic carboxylic acids is 1. The van der Waals surface area contributed by atoms with Crippen LogP contribution < -0.4 is 0 Å². The molecule has 2 amide bonds. The van der Waals surface area contributed by atoms with Gasteiger partial charge in [0.2, 0.25) is 0 Å². The van der Waals surface area contributed by atoms with Crippen LogP contribution in [0.5, 0.6) is 0 Å². The van der Waals surface area contributed by atoms with Gasteiger partial charge in [0.25, 0.3) is 0 Å². The van der Waals surface area contributed by atoms with Gasteiger partial charge in [-0.25, -0.2) is 4.79 Å². The first kappa shape index (κ1) is 14.7. The van der Waals surface area contributed by atoms with Crippen LogP contribution in [0.3, 0.4) is 0 Å². The number of hydrogen-bond donors (Lipinski definition) is 1. The highest BCUT2D eigenvalue weighted by Crippen LogP contribution is 2.03. The number of carbonyl (C=O) groups is 2. The zero-order valence-corrected chi connectivity index (χ0v) is 10.6. The maximum atomic E-state index is 11.9. The van der Waals surface area contributed by atoms with Gasteiger partial charge in [0.1, 0.15) is 0 Å². The highest BCUT2D eigenvalue weighted by atomic mass is 16.4. The van der Waals surface area contributed by atoms with Crippen molar-refractivity contribution in [1.29, 1.82) is 0 Å². The van der Waals surface area contributed by atoms with E-state index in [9.17, 15) is 9.59 Å². The summed E-state index contributed by atoms with van der Waals surface area (Å²) in [7, 11) is 1.63. The van der Waals surface area contributed by atoms with Gasteiger partial charge >= 0.3 is 12.0 Å². The lowest BCUT2D eigenvalue weighted by Crippen LogP contribution is -2.43. The largest absolute Gasteiger partial charge is 0.481 e. The predicted molar refractivity (Wildman–Crippen MR) is 62.4 cm³/mol. The van der Waals surface area contributed by atoms with Crippen LogP contribution in [0.1, 0.15) is 27.2 Å². The quantitative estimate of drug-likeness (QED) is 0.752. The predicted octanol–water partition coefficient (Wildman–Crippen LogP) is 1.49. The van der Waals surface area contributed by atoms with Crippen molar-refractivity contribution in [2.75, 3.05) is 26.7 Å². The summed E-state index contributed by atoms with van der Waals surface area (Å²) in [6.45, 7) is 7.62. The Hall–Kier alpha value is -1.26. The van der Waals surface area contributed by atoms with Crippen LogP contribution >= 0.6 is 0 Å². The van der Waals surface area contributed by atoms with E-state index in [0.717, 1.165) is 0 Å². The van der Waals surface area contributed by atoms with E-state index in [2.05, 4.69) is 0 Å². The van der Waals surface area contributed by atoms with Crippen LogP contribution in [0.2, 0.25) is 0 Å². The Labute approximate surface area is 97.0 Å². The molecule has 5 nitrogen and oxygen atoms in total. The Balaban J connectivity index is 4.21. The molecule has 16 heavy (non-hydrogen) atoms. The molecule has 0 aromatic carbocycles. The Bertz CT molecular complexity index is 241. The highest BCUT2D eigenvalue weighted by molar-refractivity contribution is 5.75. The highest BCUT2D eigenvalue weighted by Gasteiger charge is 2.17. The molecule has 0 aliphatic heterocycles. The molecular weight excluding hydrogens is 208 g/mol. The Morgan fingerprint density at radius 1 is 1.31 bits per heavy atom. The van der Waals surface area contributed by atoms with Crippen LogP contribution in [-0.2, 0) is 4.79 Å². The standard InChI is InChI=1S/C11H22N2O3/c1-5-13(8-9(2)3)11(16)12(4)7-6-10(14)15/h9H,5-8H2,1-4H3,(H,14,15). The third kappa shape index (κ3) is 5.58. The summed E-state index contributed by atoms with van der Waals surface area (Å²) in [5.41, 5.74) is 0. The van der Waals surface area contributed by atoms with Crippen molar-refractivity contribution in [3.63, 3.8) is 0 Å². The average molecular weight is 230 g/mol. The minimum absolute atomic E-state index is 0.0124. The van der Waals surface area contributed by atoms with Gasteiger partial charge in [-0.05, 0) is 12.8 Å². The van der Waals surface area contributed by atoms with Crippen LogP contribution in [0, 0.1) is 5.92 Å². The fourth-order valence-corrected chi connectivity index (χ4v) is 1.38. The van der Waals surface area contributed by atoms with Crippen molar-refractivity contribution in [2.45, 2.75) is 27.2 Å². The Morgan fingerprint density at radius 3 is 2.25 bits per heavy atom. The zero-order valence-electron chi connectivity index (χ0n) is 10.6. The molecule has 0 bridgehead atoms. The van der Waals surface area contributed by atoms with Crippen LogP contribution in [0.15, 0.2) is 0 Å². The minimum atomic E-state index is -0.883.